The van der Waals surface area contributed by atoms with Crippen molar-refractivity contribution in [2.24, 2.45) is 0 Å². The molecule has 0 N–H and O–H groups in total. The summed E-state index contributed by atoms with van der Waals surface area (Å²) in [6.07, 6.45) is 31.4. The summed E-state index contributed by atoms with van der Waals surface area (Å²) >= 11 is 0. The van der Waals surface area contributed by atoms with Crippen molar-refractivity contribution in [3.8, 4) is 0 Å². The molecule has 0 rings (SSSR count). The van der Waals surface area contributed by atoms with Gasteiger partial charge in [-0.2, -0.15) is 0 Å². The molecule has 22 heavy (non-hydrogen) atoms. The molecule has 0 saturated carbocycles. The third kappa shape index (κ3) is 19.5. The maximum absolute atomic E-state index is 2.39. The molecule has 0 radical (unpaired) electrons. The van der Waals surface area contributed by atoms with Gasteiger partial charge in [-0.25, -0.2) is 0 Å². The summed E-state index contributed by atoms with van der Waals surface area (Å²) in [5.74, 6) is 0. The summed E-state index contributed by atoms with van der Waals surface area (Å²) in [5, 5.41) is 0. The Hall–Kier alpha value is -0.520. The Kier molecular flexibility index (Phi) is 20.0. The molecule has 0 bridgehead atoms. The third-order valence-corrected chi connectivity index (χ3v) is 4.28. The van der Waals surface area contributed by atoms with Gasteiger partial charge in [-0.3, -0.25) is 0 Å². The molecule has 0 aromatic carbocycles. The molecule has 0 saturated heterocycles. The van der Waals surface area contributed by atoms with Crippen molar-refractivity contribution < 1.29 is 0 Å². The fourth-order valence-corrected chi connectivity index (χ4v) is 2.75. The van der Waals surface area contributed by atoms with Crippen molar-refractivity contribution in [3.63, 3.8) is 0 Å². The minimum Gasteiger partial charge on any atom is -0.0885 e. The van der Waals surface area contributed by atoms with Gasteiger partial charge in [0.25, 0.3) is 0 Å². The second-order valence-electron chi connectivity index (χ2n) is 6.63. The molecule has 0 aromatic heterocycles. The molecule has 0 aliphatic heterocycles. The summed E-state index contributed by atoms with van der Waals surface area (Å²) in [6.45, 7) is 4.57. The zero-order chi connectivity index (χ0) is 16.1. The fraction of sp³-hybridized carbons (Fsp3) is 0.818. The van der Waals surface area contributed by atoms with Crippen LogP contribution in [-0.4, -0.2) is 0 Å². The quantitative estimate of drug-likeness (QED) is 0.187. The smallest absolute Gasteiger partial charge is 0.0316 e. The van der Waals surface area contributed by atoms with Gasteiger partial charge >= 0.3 is 0 Å². The van der Waals surface area contributed by atoms with Gasteiger partial charge in [0.15, 0.2) is 0 Å². The maximum atomic E-state index is 2.39. The average Bonchev–Trinajstić information content (AvgIpc) is 2.54. The first-order valence-electron chi connectivity index (χ1n) is 10.2. The fourth-order valence-electron chi connectivity index (χ4n) is 2.75. The Balaban J connectivity index is 3.14. The van der Waals surface area contributed by atoms with E-state index in [0.29, 0.717) is 0 Å². The molecule has 130 valence electrons. The van der Waals surface area contributed by atoms with Crippen LogP contribution in [0.15, 0.2) is 24.3 Å². The molecule has 0 unspecified atom stereocenters. The highest BCUT2D eigenvalue weighted by Crippen LogP contribution is 2.09. The predicted molar refractivity (Wildman–Crippen MR) is 104 cm³/mol. The van der Waals surface area contributed by atoms with Gasteiger partial charge in [0.05, 0.1) is 0 Å². The molecule has 0 aliphatic carbocycles. The Morgan fingerprint density at radius 2 is 0.682 bits per heavy atom. The van der Waals surface area contributed by atoms with Crippen LogP contribution in [0.3, 0.4) is 0 Å². The predicted octanol–water partition coefficient (Wildman–Crippen LogP) is 8.38. The lowest BCUT2D eigenvalue weighted by Gasteiger charge is -1.98. The van der Waals surface area contributed by atoms with E-state index >= 15 is 0 Å². The van der Waals surface area contributed by atoms with Crippen LogP contribution < -0.4 is 0 Å². The van der Waals surface area contributed by atoms with E-state index in [1.54, 1.807) is 0 Å². The summed E-state index contributed by atoms with van der Waals surface area (Å²) in [7, 11) is 0. The highest BCUT2D eigenvalue weighted by atomic mass is 14.0. The van der Waals surface area contributed by atoms with E-state index in [4.69, 9.17) is 0 Å². The summed E-state index contributed by atoms with van der Waals surface area (Å²) in [6, 6.07) is 0. The van der Waals surface area contributed by atoms with Crippen molar-refractivity contribution in [3.05, 3.63) is 24.3 Å². The first kappa shape index (κ1) is 21.5. The van der Waals surface area contributed by atoms with Crippen LogP contribution in [-0.2, 0) is 0 Å². The van der Waals surface area contributed by atoms with Gasteiger partial charge in [0, 0.05) is 0 Å². The van der Waals surface area contributed by atoms with E-state index < -0.39 is 0 Å². The van der Waals surface area contributed by atoms with E-state index in [0.717, 1.165) is 0 Å². The lowest BCUT2D eigenvalue weighted by atomic mass is 10.1. The van der Waals surface area contributed by atoms with Crippen molar-refractivity contribution in [2.75, 3.05) is 0 Å². The van der Waals surface area contributed by atoms with Gasteiger partial charge in [0.2, 0.25) is 0 Å². The standard InChI is InChI=1S/C22H42/c1-3-5-7-9-11-13-15-17-19-21-22-20-18-16-14-12-10-8-6-4-2/h17-20H,3-16,21-22H2,1-2H3. The summed E-state index contributed by atoms with van der Waals surface area (Å²) in [4.78, 5) is 0. The average molecular weight is 307 g/mol. The van der Waals surface area contributed by atoms with Crippen LogP contribution >= 0.6 is 0 Å². The SMILES string of the molecule is CCCCCCCCC=CCCC=CCCCCCCCC. The lowest BCUT2D eigenvalue weighted by molar-refractivity contribution is 0.611. The van der Waals surface area contributed by atoms with Crippen molar-refractivity contribution in [1.29, 1.82) is 0 Å². The number of hydrogen-bond acceptors (Lipinski definition) is 0. The monoisotopic (exact) mass is 306 g/mol. The minimum atomic E-state index is 1.23. The van der Waals surface area contributed by atoms with E-state index in [2.05, 4.69) is 38.2 Å². The van der Waals surface area contributed by atoms with Crippen LogP contribution in [0.4, 0.5) is 0 Å². The van der Waals surface area contributed by atoms with Gasteiger partial charge in [-0.05, 0) is 38.5 Å². The van der Waals surface area contributed by atoms with Crippen LogP contribution in [0.2, 0.25) is 0 Å². The minimum absolute atomic E-state index is 1.23. The van der Waals surface area contributed by atoms with Crippen LogP contribution in [0.5, 0.6) is 0 Å². The second-order valence-corrected chi connectivity index (χ2v) is 6.63. The highest BCUT2D eigenvalue weighted by molar-refractivity contribution is 4.88. The second kappa shape index (κ2) is 20.5. The number of unbranched alkanes of at least 4 members (excludes halogenated alkanes) is 13. The molecule has 0 spiro atoms. The van der Waals surface area contributed by atoms with E-state index in [9.17, 15) is 0 Å². The highest BCUT2D eigenvalue weighted by Gasteiger charge is 1.89. The molecule has 0 aromatic rings. The maximum Gasteiger partial charge on any atom is -0.0316 e. The van der Waals surface area contributed by atoms with E-state index in [1.165, 1.54) is 103 Å². The zero-order valence-corrected chi connectivity index (χ0v) is 15.6. The zero-order valence-electron chi connectivity index (χ0n) is 15.6. The molecule has 0 nitrogen and oxygen atoms in total. The van der Waals surface area contributed by atoms with Gasteiger partial charge < -0.3 is 0 Å². The molecular weight excluding hydrogens is 264 g/mol. The van der Waals surface area contributed by atoms with Crippen molar-refractivity contribution in [2.45, 2.75) is 117 Å². The molecular formula is C22H42. The van der Waals surface area contributed by atoms with Crippen molar-refractivity contribution >= 4 is 0 Å². The van der Waals surface area contributed by atoms with Crippen LogP contribution in [0.25, 0.3) is 0 Å². The number of rotatable bonds is 17. The van der Waals surface area contributed by atoms with Crippen LogP contribution in [0, 0.1) is 0 Å². The molecule has 0 fully saturated rings. The van der Waals surface area contributed by atoms with E-state index in [1.807, 2.05) is 0 Å². The van der Waals surface area contributed by atoms with Crippen LogP contribution in [0.1, 0.15) is 117 Å². The van der Waals surface area contributed by atoms with Gasteiger partial charge in [-0.1, -0.05) is 102 Å². The Labute approximate surface area is 141 Å². The number of hydrogen-bond donors (Lipinski definition) is 0. The largest absolute Gasteiger partial charge is 0.0885 e. The van der Waals surface area contributed by atoms with E-state index in [-0.39, 0.29) is 0 Å². The normalized spacial score (nSPS) is 11.9. The molecule has 0 heterocycles. The van der Waals surface area contributed by atoms with Crippen molar-refractivity contribution in [1.82, 2.24) is 0 Å². The Morgan fingerprint density at radius 3 is 1.09 bits per heavy atom. The molecule has 0 aliphatic rings. The van der Waals surface area contributed by atoms with Gasteiger partial charge in [0.1, 0.15) is 0 Å². The molecule has 0 amide bonds. The Morgan fingerprint density at radius 1 is 0.364 bits per heavy atom. The Bertz CT molecular complexity index is 210. The lowest BCUT2D eigenvalue weighted by Crippen LogP contribution is -1.78. The molecule has 0 heteroatoms. The summed E-state index contributed by atoms with van der Waals surface area (Å²) < 4.78 is 0. The topological polar surface area (TPSA) is 0 Å². The van der Waals surface area contributed by atoms with Gasteiger partial charge in [-0.15, -0.1) is 0 Å². The first-order chi connectivity index (χ1) is 10.9. The first-order valence-corrected chi connectivity index (χ1v) is 10.2. The molecule has 0 atom stereocenters. The number of allylic oxidation sites excluding steroid dienone is 4. The summed E-state index contributed by atoms with van der Waals surface area (Å²) in [5.41, 5.74) is 0. The third-order valence-electron chi connectivity index (χ3n) is 4.28.